The molecule has 0 radical (unpaired) electrons. The van der Waals surface area contributed by atoms with Crippen molar-refractivity contribution < 1.29 is 19.5 Å². The van der Waals surface area contributed by atoms with Crippen molar-refractivity contribution in [2.24, 2.45) is 23.7 Å². The second kappa shape index (κ2) is 5.18. The molecule has 1 saturated heterocycles. The molecule has 3 aliphatic rings. The highest BCUT2D eigenvalue weighted by Crippen LogP contribution is 2.56. The second-order valence-electron chi connectivity index (χ2n) is 6.96. The molecule has 2 amide bonds. The topological polar surface area (TPSA) is 77.5 Å². The van der Waals surface area contributed by atoms with E-state index >= 15 is 0 Å². The second-order valence-corrected chi connectivity index (χ2v) is 6.96. The number of rotatable bonds is 4. The highest BCUT2D eigenvalue weighted by molar-refractivity contribution is 6.08. The van der Waals surface area contributed by atoms with Crippen LogP contribution in [0.15, 0.2) is 30.3 Å². The molecule has 5 heteroatoms. The molecule has 2 saturated carbocycles. The molecule has 3 fully saturated rings. The van der Waals surface area contributed by atoms with Crippen LogP contribution in [0.2, 0.25) is 0 Å². The number of hydrogen-bond acceptors (Lipinski definition) is 4. The molecule has 1 aromatic carbocycles. The molecule has 5 atom stereocenters. The summed E-state index contributed by atoms with van der Waals surface area (Å²) in [5, 5.41) is 11.6. The van der Waals surface area contributed by atoms with Crippen molar-refractivity contribution in [3.05, 3.63) is 35.9 Å². The number of carboxylic acid groups (broad SMARTS) is 1. The summed E-state index contributed by atoms with van der Waals surface area (Å²) < 4.78 is 0. The first kappa shape index (κ1) is 14.4. The van der Waals surface area contributed by atoms with Gasteiger partial charge in [0.15, 0.2) is 0 Å². The first-order valence-corrected chi connectivity index (χ1v) is 8.19. The van der Waals surface area contributed by atoms with Crippen molar-refractivity contribution in [3.63, 3.8) is 0 Å². The molecule has 0 N–H and O–H groups in total. The number of amides is 2. The van der Waals surface area contributed by atoms with Crippen molar-refractivity contribution in [3.8, 4) is 0 Å². The number of likely N-dealkylation sites (tertiary alicyclic amines) is 1. The number of carbonyl (C=O) groups excluding carboxylic acids is 3. The Morgan fingerprint density at radius 3 is 2.17 bits per heavy atom. The van der Waals surface area contributed by atoms with Crippen molar-refractivity contribution in [2.75, 3.05) is 0 Å². The summed E-state index contributed by atoms with van der Waals surface area (Å²) in [6.45, 7) is 0. The molecule has 1 heterocycles. The number of carboxylic acids is 1. The van der Waals surface area contributed by atoms with Crippen LogP contribution >= 0.6 is 0 Å². The highest BCUT2D eigenvalue weighted by Gasteiger charge is 2.61. The molecule has 2 bridgehead atoms. The minimum absolute atomic E-state index is 0.107. The van der Waals surface area contributed by atoms with Crippen LogP contribution in [0.4, 0.5) is 0 Å². The van der Waals surface area contributed by atoms with E-state index in [-0.39, 0.29) is 41.9 Å². The third-order valence-electron chi connectivity index (χ3n) is 5.82. The number of fused-ring (bicyclic) bond motifs is 5. The van der Waals surface area contributed by atoms with Crippen LogP contribution in [0.5, 0.6) is 0 Å². The maximum Gasteiger partial charge on any atom is 0.234 e. The number of carbonyl (C=O) groups is 3. The van der Waals surface area contributed by atoms with Gasteiger partial charge < -0.3 is 9.90 Å². The molecule has 4 rings (SSSR count). The van der Waals surface area contributed by atoms with Gasteiger partial charge in [-0.1, -0.05) is 30.3 Å². The van der Waals surface area contributed by atoms with Crippen LogP contribution in [0.25, 0.3) is 0 Å². The molecule has 0 spiro atoms. The molecule has 2 aliphatic carbocycles. The van der Waals surface area contributed by atoms with Crippen LogP contribution in [0, 0.1) is 23.7 Å². The lowest BCUT2D eigenvalue weighted by molar-refractivity contribution is -0.310. The van der Waals surface area contributed by atoms with Crippen molar-refractivity contribution in [1.29, 1.82) is 0 Å². The lowest BCUT2D eigenvalue weighted by Crippen LogP contribution is -2.52. The Labute approximate surface area is 134 Å². The average molecular weight is 312 g/mol. The van der Waals surface area contributed by atoms with Crippen LogP contribution < -0.4 is 5.11 Å². The van der Waals surface area contributed by atoms with E-state index in [9.17, 15) is 19.5 Å². The summed E-state index contributed by atoms with van der Waals surface area (Å²) >= 11 is 0. The lowest BCUT2D eigenvalue weighted by Gasteiger charge is -2.28. The summed E-state index contributed by atoms with van der Waals surface area (Å²) in [6, 6.07) is 7.85. The maximum atomic E-state index is 12.7. The Kier molecular flexibility index (Phi) is 3.25. The minimum atomic E-state index is -1.36. The Bertz CT molecular complexity index is 643. The van der Waals surface area contributed by atoms with E-state index < -0.39 is 12.0 Å². The van der Waals surface area contributed by atoms with Gasteiger partial charge in [0.2, 0.25) is 11.8 Å². The molecular formula is C18H18NO4-. The lowest BCUT2D eigenvalue weighted by atomic mass is 9.81. The predicted molar refractivity (Wildman–Crippen MR) is 78.6 cm³/mol. The van der Waals surface area contributed by atoms with Crippen LogP contribution in [0.1, 0.15) is 24.8 Å². The Balaban J connectivity index is 1.63. The summed E-state index contributed by atoms with van der Waals surface area (Å²) in [7, 11) is 0. The molecular weight excluding hydrogens is 294 g/mol. The fraction of sp³-hybridized carbons (Fsp3) is 0.500. The number of aliphatic carboxylic acids is 1. The first-order chi connectivity index (χ1) is 11.1. The Morgan fingerprint density at radius 1 is 1.09 bits per heavy atom. The van der Waals surface area contributed by atoms with Gasteiger partial charge in [-0.05, 0) is 43.1 Å². The average Bonchev–Trinajstić information content (AvgIpc) is 3.21. The van der Waals surface area contributed by atoms with Crippen molar-refractivity contribution in [2.45, 2.75) is 31.7 Å². The molecule has 1 aliphatic heterocycles. The highest BCUT2D eigenvalue weighted by atomic mass is 16.4. The van der Waals surface area contributed by atoms with Gasteiger partial charge in [-0.2, -0.15) is 0 Å². The van der Waals surface area contributed by atoms with Crippen LogP contribution in [-0.2, 0) is 20.8 Å². The Morgan fingerprint density at radius 2 is 1.65 bits per heavy atom. The Hall–Kier alpha value is -2.17. The van der Waals surface area contributed by atoms with Gasteiger partial charge >= 0.3 is 0 Å². The van der Waals surface area contributed by atoms with Gasteiger partial charge in [0.1, 0.15) is 0 Å². The fourth-order valence-electron chi connectivity index (χ4n) is 4.86. The van der Waals surface area contributed by atoms with Gasteiger partial charge in [-0.15, -0.1) is 0 Å². The van der Waals surface area contributed by atoms with Gasteiger partial charge in [-0.25, -0.2) is 0 Å². The summed E-state index contributed by atoms with van der Waals surface area (Å²) in [5.41, 5.74) is 0.780. The molecule has 0 unspecified atom stereocenters. The SMILES string of the molecule is O=C([O-])[C@@H](Cc1ccccc1)N1C(=O)[C@@H]2[C@@H]3CC[C@@H](C3)[C@@H]2C1=O. The number of imide groups is 1. The van der Waals surface area contributed by atoms with E-state index in [0.717, 1.165) is 29.7 Å². The van der Waals surface area contributed by atoms with Crippen LogP contribution in [0.3, 0.4) is 0 Å². The third-order valence-corrected chi connectivity index (χ3v) is 5.82. The first-order valence-electron chi connectivity index (χ1n) is 8.19. The van der Waals surface area contributed by atoms with E-state index in [1.54, 1.807) is 12.1 Å². The monoisotopic (exact) mass is 312 g/mol. The van der Waals surface area contributed by atoms with Crippen molar-refractivity contribution in [1.82, 2.24) is 4.90 Å². The van der Waals surface area contributed by atoms with E-state index in [4.69, 9.17) is 0 Å². The number of benzene rings is 1. The third kappa shape index (κ3) is 2.10. The van der Waals surface area contributed by atoms with Crippen molar-refractivity contribution >= 4 is 17.8 Å². The minimum Gasteiger partial charge on any atom is -0.548 e. The van der Waals surface area contributed by atoms with Crippen LogP contribution in [-0.4, -0.2) is 28.7 Å². The zero-order chi connectivity index (χ0) is 16.1. The van der Waals surface area contributed by atoms with Gasteiger partial charge in [0, 0.05) is 0 Å². The van der Waals surface area contributed by atoms with Gasteiger partial charge in [0.25, 0.3) is 0 Å². The summed E-state index contributed by atoms with van der Waals surface area (Å²) in [5.74, 6) is -2.02. The summed E-state index contributed by atoms with van der Waals surface area (Å²) in [4.78, 5) is 38.1. The van der Waals surface area contributed by atoms with E-state index in [2.05, 4.69) is 0 Å². The van der Waals surface area contributed by atoms with E-state index in [0.29, 0.717) is 0 Å². The standard InChI is InChI=1S/C18H19NO4/c20-16-14-11-6-7-12(9-11)15(14)17(21)19(16)13(18(22)23)8-10-4-2-1-3-5-10/h1-5,11-15H,6-9H2,(H,22,23)/p-1/t11-,12+,13-,14-,15+/m1/s1. The van der Waals surface area contributed by atoms with Gasteiger partial charge in [0.05, 0.1) is 23.8 Å². The molecule has 1 aromatic rings. The number of hydrogen-bond donors (Lipinski definition) is 0. The predicted octanol–water partition coefficient (Wildman–Crippen LogP) is 0.379. The maximum absolute atomic E-state index is 12.7. The molecule has 0 aromatic heterocycles. The molecule has 23 heavy (non-hydrogen) atoms. The quantitative estimate of drug-likeness (QED) is 0.753. The zero-order valence-corrected chi connectivity index (χ0v) is 12.7. The van der Waals surface area contributed by atoms with E-state index in [1.165, 1.54) is 0 Å². The summed E-state index contributed by atoms with van der Waals surface area (Å²) in [6.07, 6.45) is 3.01. The largest absolute Gasteiger partial charge is 0.548 e. The zero-order valence-electron chi connectivity index (χ0n) is 12.7. The molecule has 120 valence electrons. The van der Waals surface area contributed by atoms with Gasteiger partial charge in [-0.3, -0.25) is 14.5 Å². The van der Waals surface area contributed by atoms with E-state index in [1.807, 2.05) is 18.2 Å². The molecule has 5 nitrogen and oxygen atoms in total. The fourth-order valence-corrected chi connectivity index (χ4v) is 4.86. The normalized spacial score (nSPS) is 33.1. The number of nitrogens with zero attached hydrogens (tertiary/aromatic N) is 1. The smallest absolute Gasteiger partial charge is 0.234 e.